The molecule has 1 aromatic rings. The Hall–Kier alpha value is -1.20. The zero-order valence-electron chi connectivity index (χ0n) is 16.1. The number of hydrogen-bond acceptors (Lipinski definition) is 3. The summed E-state index contributed by atoms with van der Waals surface area (Å²) >= 11 is 0. The molecule has 0 bridgehead atoms. The summed E-state index contributed by atoms with van der Waals surface area (Å²) in [5, 5.41) is 0. The molecule has 1 aromatic heterocycles. The molecule has 0 spiro atoms. The number of rotatable bonds is 11. The predicted molar refractivity (Wildman–Crippen MR) is 114 cm³/mol. The largest absolute Gasteiger partial charge is 0.336 e. The normalized spacial score (nSPS) is 15.8. The van der Waals surface area contributed by atoms with Crippen molar-refractivity contribution in [3.63, 3.8) is 0 Å². The predicted octanol–water partition coefficient (Wildman–Crippen LogP) is -0.977. The minimum absolute atomic E-state index is 0.000876. The first-order chi connectivity index (χ1) is 12.7. The van der Waals surface area contributed by atoms with Gasteiger partial charge in [0.25, 0.3) is 0 Å². The van der Waals surface area contributed by atoms with Crippen LogP contribution in [0.3, 0.4) is 0 Å². The number of nitrogens with zero attached hydrogens (tertiary/aromatic N) is 3. The highest BCUT2D eigenvalue weighted by atomic mass is 16.2. The van der Waals surface area contributed by atoms with Crippen molar-refractivity contribution in [3.05, 3.63) is 31.5 Å². The lowest BCUT2D eigenvalue weighted by Gasteiger charge is -2.23. The van der Waals surface area contributed by atoms with Gasteiger partial charge in [-0.2, -0.15) is 0 Å². The Morgan fingerprint density at radius 3 is 1.63 bits per heavy atom. The van der Waals surface area contributed by atoms with E-state index in [1.54, 1.807) is 6.92 Å². The van der Waals surface area contributed by atoms with Crippen molar-refractivity contribution >= 4 is 46.5 Å². The molecule has 6 nitrogen and oxygen atoms in total. The van der Waals surface area contributed by atoms with Crippen LogP contribution in [0.5, 0.6) is 0 Å². The Labute approximate surface area is 167 Å². The van der Waals surface area contributed by atoms with Crippen molar-refractivity contribution < 1.29 is 0 Å². The summed E-state index contributed by atoms with van der Waals surface area (Å²) in [6.45, 7) is 3.45. The monoisotopic (exact) mass is 358 g/mol. The van der Waals surface area contributed by atoms with Crippen LogP contribution in [0.25, 0.3) is 0 Å². The molecule has 0 aliphatic carbocycles. The van der Waals surface area contributed by atoms with Crippen molar-refractivity contribution in [2.75, 3.05) is 0 Å². The van der Waals surface area contributed by atoms with Gasteiger partial charge >= 0.3 is 17.1 Å². The lowest BCUT2D eigenvalue weighted by Crippen LogP contribution is -2.55. The fourth-order valence-electron chi connectivity index (χ4n) is 2.76. The van der Waals surface area contributed by atoms with Gasteiger partial charge in [-0.15, -0.1) is 0 Å². The number of hydrogen-bond donors (Lipinski definition) is 0. The fraction of sp³-hybridized carbons (Fsp3) is 0.800. The van der Waals surface area contributed by atoms with E-state index in [0.29, 0.717) is 6.32 Å². The second-order valence-electron chi connectivity index (χ2n) is 6.93. The van der Waals surface area contributed by atoms with Gasteiger partial charge < -0.3 is 0 Å². The number of aromatic nitrogens is 3. The van der Waals surface area contributed by atoms with Gasteiger partial charge in [-0.3, -0.25) is 0 Å². The minimum Gasteiger partial charge on any atom is -0.247 e. The van der Waals surface area contributed by atoms with Crippen molar-refractivity contribution in [2.24, 2.45) is 5.92 Å². The van der Waals surface area contributed by atoms with Crippen LogP contribution in [-0.2, 0) is 19.6 Å². The Kier molecular flexibility index (Phi) is 9.68. The van der Waals surface area contributed by atoms with Gasteiger partial charge in [-0.25, -0.2) is 28.1 Å². The topological polar surface area (TPSA) is 66.0 Å². The van der Waals surface area contributed by atoms with Gasteiger partial charge in [0, 0.05) is 19.6 Å². The van der Waals surface area contributed by atoms with Crippen LogP contribution >= 0.6 is 0 Å². The van der Waals surface area contributed by atoms with E-state index in [-0.39, 0.29) is 44.0 Å². The van der Waals surface area contributed by atoms with Gasteiger partial charge in [0.1, 0.15) is 7.28 Å². The SMILES string of the molecule is [B]CC([B])Cn1c(=O)n(CC([B])C[B]C)c(=O)n(CC(C[B])C([B])C)c1=O. The standard InChI is InChI=1S/C15H22B6N3O3/c1-9(18)10(3-16)6-22-13(25)23(7-11(19)4-17)15(27)24(14(22)26)8-12(20)5-21-2/h9-12H,3-8H2,1-2H3. The molecule has 0 amide bonds. The van der Waals surface area contributed by atoms with Crippen LogP contribution in [0, 0.1) is 5.92 Å². The quantitative estimate of drug-likeness (QED) is 0.479. The zero-order valence-corrected chi connectivity index (χ0v) is 16.1. The molecular weight excluding hydrogens is 335 g/mol. The van der Waals surface area contributed by atoms with Gasteiger partial charge in [-0.05, 0) is 5.92 Å². The molecule has 133 valence electrons. The molecule has 0 saturated carbocycles. The van der Waals surface area contributed by atoms with Crippen molar-refractivity contribution in [1.29, 1.82) is 0 Å². The van der Waals surface area contributed by atoms with Crippen molar-refractivity contribution in [3.8, 4) is 0 Å². The Morgan fingerprint density at radius 1 is 0.815 bits per heavy atom. The first-order valence-corrected chi connectivity index (χ1v) is 9.06. The fourth-order valence-corrected chi connectivity index (χ4v) is 2.76. The first kappa shape index (κ1) is 23.8. The van der Waals surface area contributed by atoms with Crippen LogP contribution in [0.2, 0.25) is 43.2 Å². The molecule has 12 heteroatoms. The first-order valence-electron chi connectivity index (χ1n) is 9.06. The molecule has 4 atom stereocenters. The summed E-state index contributed by atoms with van der Waals surface area (Å²) in [6, 6.07) is 0. The van der Waals surface area contributed by atoms with Crippen molar-refractivity contribution in [2.45, 2.75) is 69.8 Å². The van der Waals surface area contributed by atoms with E-state index in [4.69, 9.17) is 39.2 Å². The highest BCUT2D eigenvalue weighted by molar-refractivity contribution is 6.35. The van der Waals surface area contributed by atoms with E-state index in [2.05, 4.69) is 0 Å². The van der Waals surface area contributed by atoms with E-state index >= 15 is 0 Å². The summed E-state index contributed by atoms with van der Waals surface area (Å²) in [7, 11) is 30.8. The van der Waals surface area contributed by atoms with E-state index in [1.165, 1.54) is 0 Å². The van der Waals surface area contributed by atoms with Crippen LogP contribution in [0.4, 0.5) is 0 Å². The Morgan fingerprint density at radius 2 is 1.26 bits per heavy atom. The highest BCUT2D eigenvalue weighted by Crippen LogP contribution is 2.18. The van der Waals surface area contributed by atoms with Crippen LogP contribution < -0.4 is 17.1 Å². The summed E-state index contributed by atoms with van der Waals surface area (Å²) in [5.74, 6) is -1.69. The molecule has 0 aliphatic heterocycles. The third kappa shape index (κ3) is 6.15. The lowest BCUT2D eigenvalue weighted by molar-refractivity contribution is 0.387. The van der Waals surface area contributed by atoms with E-state index in [9.17, 15) is 14.4 Å². The molecular formula is C15H22B6N3O3. The molecule has 0 N–H and O–H groups in total. The molecule has 4 unspecified atom stereocenters. The second-order valence-corrected chi connectivity index (χ2v) is 6.93. The third-order valence-electron chi connectivity index (χ3n) is 4.52. The average Bonchev–Trinajstić information content (AvgIpc) is 2.62. The molecule has 1 heterocycles. The molecule has 0 saturated heterocycles. The second kappa shape index (κ2) is 11.0. The summed E-state index contributed by atoms with van der Waals surface area (Å²) < 4.78 is 2.87. The Bertz CT molecular complexity index is 776. The average molecular weight is 357 g/mol. The molecule has 11 radical (unpaired) electrons. The van der Waals surface area contributed by atoms with Gasteiger partial charge in [0.2, 0.25) is 0 Å². The molecule has 0 aromatic carbocycles. The summed E-state index contributed by atoms with van der Waals surface area (Å²) in [6.07, 6.45) is 0.786. The highest BCUT2D eigenvalue weighted by Gasteiger charge is 2.21. The van der Waals surface area contributed by atoms with Gasteiger partial charge in [-0.1, -0.05) is 50.2 Å². The van der Waals surface area contributed by atoms with Crippen LogP contribution in [-0.4, -0.2) is 60.2 Å². The van der Waals surface area contributed by atoms with Crippen LogP contribution in [0.15, 0.2) is 14.4 Å². The molecule has 27 heavy (non-hydrogen) atoms. The van der Waals surface area contributed by atoms with Gasteiger partial charge in [0.05, 0.1) is 39.2 Å². The summed E-state index contributed by atoms with van der Waals surface area (Å²) in [5.41, 5.74) is -2.23. The van der Waals surface area contributed by atoms with E-state index in [1.807, 2.05) is 14.1 Å². The smallest absolute Gasteiger partial charge is 0.247 e. The minimum atomic E-state index is -0.750. The molecule has 0 aliphatic rings. The van der Waals surface area contributed by atoms with Crippen LogP contribution in [0.1, 0.15) is 6.92 Å². The van der Waals surface area contributed by atoms with E-state index < -0.39 is 28.7 Å². The lowest BCUT2D eigenvalue weighted by atomic mass is 9.66. The summed E-state index contributed by atoms with van der Waals surface area (Å²) in [4.78, 5) is 38.4. The Balaban J connectivity index is 3.56. The molecule has 0 fully saturated rings. The zero-order chi connectivity index (χ0) is 20.7. The third-order valence-corrected chi connectivity index (χ3v) is 4.52. The maximum absolute atomic E-state index is 12.8. The molecule has 1 rings (SSSR count). The van der Waals surface area contributed by atoms with E-state index in [0.717, 1.165) is 13.7 Å². The van der Waals surface area contributed by atoms with Gasteiger partial charge in [0.15, 0.2) is 0 Å². The maximum Gasteiger partial charge on any atom is 0.336 e. The van der Waals surface area contributed by atoms with Crippen molar-refractivity contribution in [1.82, 2.24) is 13.7 Å². The maximum atomic E-state index is 12.8.